The molecule has 0 aliphatic carbocycles. The van der Waals surface area contributed by atoms with Gasteiger partial charge in [0.2, 0.25) is 11.8 Å². The Balaban J connectivity index is 1.34. The fourth-order valence-electron chi connectivity index (χ4n) is 3.96. The molecule has 3 heterocycles. The molecule has 1 aromatic carbocycles. The molecule has 1 aliphatic heterocycles. The minimum Gasteiger partial charge on any atom is -0.473 e. The highest BCUT2D eigenvalue weighted by atomic mass is 19.4. The molecule has 0 radical (unpaired) electrons. The summed E-state index contributed by atoms with van der Waals surface area (Å²) < 4.78 is 45.9. The molecule has 0 spiro atoms. The first-order chi connectivity index (χ1) is 16.4. The highest BCUT2D eigenvalue weighted by Crippen LogP contribution is 2.36. The lowest BCUT2D eigenvalue weighted by atomic mass is 9.96. The number of amides is 1. The minimum absolute atomic E-state index is 0.123. The van der Waals surface area contributed by atoms with Crippen molar-refractivity contribution in [2.45, 2.75) is 32.2 Å². The fourth-order valence-corrected chi connectivity index (χ4v) is 3.96. The van der Waals surface area contributed by atoms with Crippen LogP contribution in [0.3, 0.4) is 0 Å². The van der Waals surface area contributed by atoms with Gasteiger partial charge >= 0.3 is 6.18 Å². The second kappa shape index (κ2) is 10.5. The van der Waals surface area contributed by atoms with Gasteiger partial charge in [0.1, 0.15) is 12.4 Å². The summed E-state index contributed by atoms with van der Waals surface area (Å²) >= 11 is 0. The maximum Gasteiger partial charge on any atom is 0.419 e. The second-order valence-corrected chi connectivity index (χ2v) is 8.15. The molecule has 3 aromatic rings. The first-order valence-corrected chi connectivity index (χ1v) is 11.1. The van der Waals surface area contributed by atoms with E-state index in [0.29, 0.717) is 31.9 Å². The Kier molecular flexibility index (Phi) is 7.30. The highest BCUT2D eigenvalue weighted by Gasteiger charge is 2.37. The predicted molar refractivity (Wildman–Crippen MR) is 121 cm³/mol. The van der Waals surface area contributed by atoms with Gasteiger partial charge in [-0.05, 0) is 42.2 Å². The third-order valence-electron chi connectivity index (χ3n) is 5.68. The monoisotopic (exact) mass is 470 g/mol. The van der Waals surface area contributed by atoms with E-state index in [4.69, 9.17) is 4.74 Å². The topological polar surface area (TPSA) is 67.3 Å². The predicted octanol–water partition coefficient (Wildman–Crippen LogP) is 4.61. The van der Waals surface area contributed by atoms with E-state index in [0.717, 1.165) is 17.2 Å². The number of hydrogen-bond donors (Lipinski definition) is 1. The summed E-state index contributed by atoms with van der Waals surface area (Å²) in [5.74, 6) is -0.290. The van der Waals surface area contributed by atoms with Crippen LogP contribution >= 0.6 is 0 Å². The average molecular weight is 470 g/mol. The number of hydrogen-bond acceptors (Lipinski definition) is 5. The summed E-state index contributed by atoms with van der Waals surface area (Å²) in [6, 6.07) is 15.6. The zero-order valence-electron chi connectivity index (χ0n) is 18.5. The number of nitrogens with zero attached hydrogens (tertiary/aromatic N) is 3. The molecular weight excluding hydrogens is 445 g/mol. The minimum atomic E-state index is -4.50. The molecule has 1 aliphatic rings. The van der Waals surface area contributed by atoms with Crippen LogP contribution in [-0.4, -0.2) is 29.0 Å². The number of benzene rings is 1. The third kappa shape index (κ3) is 6.03. The third-order valence-corrected chi connectivity index (χ3v) is 5.68. The van der Waals surface area contributed by atoms with Crippen molar-refractivity contribution in [3.05, 3.63) is 83.7 Å². The number of alkyl halides is 3. The van der Waals surface area contributed by atoms with Gasteiger partial charge < -0.3 is 15.0 Å². The summed E-state index contributed by atoms with van der Waals surface area (Å²) in [6.07, 6.45) is -0.323. The molecule has 1 fully saturated rings. The van der Waals surface area contributed by atoms with Crippen molar-refractivity contribution in [1.29, 1.82) is 0 Å². The van der Waals surface area contributed by atoms with E-state index in [-0.39, 0.29) is 24.8 Å². The Morgan fingerprint density at radius 2 is 1.88 bits per heavy atom. The number of ether oxygens (including phenoxy) is 1. The summed E-state index contributed by atoms with van der Waals surface area (Å²) in [7, 11) is 0. The van der Waals surface area contributed by atoms with Gasteiger partial charge in [-0.3, -0.25) is 4.79 Å². The van der Waals surface area contributed by atoms with Gasteiger partial charge in [-0.2, -0.15) is 13.2 Å². The molecule has 34 heavy (non-hydrogen) atoms. The number of piperidine rings is 1. The Bertz CT molecular complexity index is 1110. The van der Waals surface area contributed by atoms with Gasteiger partial charge in [-0.25, -0.2) is 9.97 Å². The summed E-state index contributed by atoms with van der Waals surface area (Å²) in [5, 5.41) is 2.89. The fraction of sp³-hybridized carbons (Fsp3) is 0.320. The highest BCUT2D eigenvalue weighted by molar-refractivity contribution is 5.79. The van der Waals surface area contributed by atoms with E-state index in [1.54, 1.807) is 23.2 Å². The maximum atomic E-state index is 13.4. The molecule has 9 heteroatoms. The van der Waals surface area contributed by atoms with E-state index in [1.807, 2.05) is 30.3 Å². The maximum absolute atomic E-state index is 13.4. The quantitative estimate of drug-likeness (QED) is 0.547. The Labute approximate surface area is 195 Å². The molecule has 1 atom stereocenters. The van der Waals surface area contributed by atoms with E-state index in [9.17, 15) is 18.0 Å². The number of aromatic nitrogens is 2. The standard InChI is InChI=1S/C25H25F3N4O2/c26-25(27,28)21-9-4-11-30-23(21)32-13-5-8-20(16-32)24(33)31-15-19-10-12-29-22(14-19)34-17-18-6-2-1-3-7-18/h1-4,6-7,9-12,14,20H,5,8,13,15-17H2,(H,31,33). The first-order valence-electron chi connectivity index (χ1n) is 11.1. The molecule has 0 bridgehead atoms. The van der Waals surface area contributed by atoms with E-state index < -0.39 is 17.7 Å². The number of pyridine rings is 2. The van der Waals surface area contributed by atoms with Gasteiger partial charge in [0.15, 0.2) is 0 Å². The van der Waals surface area contributed by atoms with Crippen LogP contribution in [0.5, 0.6) is 5.88 Å². The molecule has 4 rings (SSSR count). The Hall–Kier alpha value is -3.62. The van der Waals surface area contributed by atoms with Crippen LogP contribution in [0, 0.1) is 5.92 Å². The normalized spacial score (nSPS) is 16.2. The smallest absolute Gasteiger partial charge is 0.419 e. The number of nitrogens with one attached hydrogen (secondary N) is 1. The van der Waals surface area contributed by atoms with Gasteiger partial charge in [0, 0.05) is 38.1 Å². The van der Waals surface area contributed by atoms with Gasteiger partial charge in [0.25, 0.3) is 0 Å². The molecule has 2 aromatic heterocycles. The van der Waals surface area contributed by atoms with Crippen molar-refractivity contribution in [3.63, 3.8) is 0 Å². The lowest BCUT2D eigenvalue weighted by Crippen LogP contribution is -2.43. The first kappa shape index (κ1) is 23.5. The van der Waals surface area contributed by atoms with Crippen LogP contribution in [0.4, 0.5) is 19.0 Å². The second-order valence-electron chi connectivity index (χ2n) is 8.15. The summed E-state index contributed by atoms with van der Waals surface area (Å²) in [4.78, 5) is 22.5. The summed E-state index contributed by atoms with van der Waals surface area (Å²) in [5.41, 5.74) is 1.06. The molecular formula is C25H25F3N4O2. The number of anilines is 1. The Morgan fingerprint density at radius 3 is 2.68 bits per heavy atom. The van der Waals surface area contributed by atoms with E-state index in [1.165, 1.54) is 12.3 Å². The van der Waals surface area contributed by atoms with Crippen molar-refractivity contribution in [2.24, 2.45) is 5.92 Å². The molecule has 1 N–H and O–H groups in total. The lowest BCUT2D eigenvalue weighted by Gasteiger charge is -2.34. The lowest BCUT2D eigenvalue weighted by molar-refractivity contribution is -0.137. The van der Waals surface area contributed by atoms with Gasteiger partial charge in [0.05, 0.1) is 11.5 Å². The van der Waals surface area contributed by atoms with Crippen molar-refractivity contribution in [2.75, 3.05) is 18.0 Å². The SMILES string of the molecule is O=C(NCc1ccnc(OCc2ccccc2)c1)C1CCCN(c2ncccc2C(F)(F)F)C1. The van der Waals surface area contributed by atoms with Crippen molar-refractivity contribution >= 4 is 11.7 Å². The van der Waals surface area contributed by atoms with E-state index in [2.05, 4.69) is 15.3 Å². The average Bonchev–Trinajstić information content (AvgIpc) is 2.86. The van der Waals surface area contributed by atoms with Crippen molar-refractivity contribution < 1.29 is 22.7 Å². The summed E-state index contributed by atoms with van der Waals surface area (Å²) in [6.45, 7) is 1.27. The molecule has 1 unspecified atom stereocenters. The molecule has 1 saturated heterocycles. The van der Waals surface area contributed by atoms with Crippen LogP contribution in [0.1, 0.15) is 29.5 Å². The van der Waals surface area contributed by atoms with Crippen molar-refractivity contribution in [1.82, 2.24) is 15.3 Å². The van der Waals surface area contributed by atoms with E-state index >= 15 is 0 Å². The number of rotatable bonds is 7. The molecule has 1 amide bonds. The van der Waals surface area contributed by atoms with Crippen LogP contribution in [0.2, 0.25) is 0 Å². The molecule has 0 saturated carbocycles. The van der Waals surface area contributed by atoms with Crippen molar-refractivity contribution in [3.8, 4) is 5.88 Å². The zero-order valence-corrected chi connectivity index (χ0v) is 18.5. The zero-order chi connectivity index (χ0) is 24.0. The van der Waals surface area contributed by atoms with Crippen LogP contribution in [-0.2, 0) is 24.1 Å². The Morgan fingerprint density at radius 1 is 1.06 bits per heavy atom. The number of carbonyl (C=O) groups is 1. The van der Waals surface area contributed by atoms with Crippen LogP contribution in [0.25, 0.3) is 0 Å². The van der Waals surface area contributed by atoms with Gasteiger partial charge in [-0.1, -0.05) is 30.3 Å². The number of halogens is 3. The van der Waals surface area contributed by atoms with Gasteiger partial charge in [-0.15, -0.1) is 0 Å². The van der Waals surface area contributed by atoms with Crippen LogP contribution < -0.4 is 15.0 Å². The molecule has 178 valence electrons. The number of carbonyl (C=O) groups excluding carboxylic acids is 1. The van der Waals surface area contributed by atoms with Crippen LogP contribution in [0.15, 0.2) is 67.0 Å². The largest absolute Gasteiger partial charge is 0.473 e. The molecule has 6 nitrogen and oxygen atoms in total.